The maximum atomic E-state index is 9.66. The fourth-order valence-corrected chi connectivity index (χ4v) is 3.28. The largest absolute Gasteiger partial charge is 0.391 e. The van der Waals surface area contributed by atoms with Crippen LogP contribution in [0, 0.1) is 5.92 Å². The van der Waals surface area contributed by atoms with E-state index in [9.17, 15) is 5.11 Å². The second-order valence-electron chi connectivity index (χ2n) is 6.86. The van der Waals surface area contributed by atoms with E-state index in [1.165, 1.54) is 38.9 Å². The van der Waals surface area contributed by atoms with Gasteiger partial charge in [0.1, 0.15) is 0 Å². The zero-order valence-corrected chi connectivity index (χ0v) is 17.2. The fraction of sp³-hybridized carbons (Fsp3) is 0.941. The lowest BCUT2D eigenvalue weighted by atomic mass is 9.99. The number of halogens is 1. The molecule has 2 N–H and O–H groups in total. The van der Waals surface area contributed by atoms with Crippen molar-refractivity contribution in [2.45, 2.75) is 52.1 Å². The van der Waals surface area contributed by atoms with E-state index in [0.717, 1.165) is 50.9 Å². The molecule has 23 heavy (non-hydrogen) atoms. The molecule has 1 atom stereocenters. The summed E-state index contributed by atoms with van der Waals surface area (Å²) >= 11 is 0. The molecule has 5 nitrogen and oxygen atoms in total. The van der Waals surface area contributed by atoms with Crippen LogP contribution in [0.25, 0.3) is 0 Å². The summed E-state index contributed by atoms with van der Waals surface area (Å²) in [5, 5.41) is 13.0. The van der Waals surface area contributed by atoms with Crippen LogP contribution in [0.15, 0.2) is 4.99 Å². The van der Waals surface area contributed by atoms with E-state index < -0.39 is 0 Å². The maximum absolute atomic E-state index is 9.66. The minimum absolute atomic E-state index is 0. The summed E-state index contributed by atoms with van der Waals surface area (Å²) in [7, 11) is 0. The Kier molecular flexibility index (Phi) is 10.5. The molecule has 0 amide bonds. The number of aliphatic imine (C=N–C) groups is 1. The zero-order chi connectivity index (χ0) is 15.8. The Bertz CT molecular complexity index is 345. The normalized spacial score (nSPS) is 23.9. The van der Waals surface area contributed by atoms with E-state index >= 15 is 0 Å². The monoisotopic (exact) mass is 438 g/mol. The number of unbranched alkanes of at least 4 members (excludes halogenated alkanes) is 1. The number of piperidine rings is 1. The highest BCUT2D eigenvalue weighted by Gasteiger charge is 2.22. The number of hydrogen-bond donors (Lipinski definition) is 2. The molecule has 0 unspecified atom stereocenters. The Labute approximate surface area is 158 Å². The molecule has 0 saturated carbocycles. The lowest BCUT2D eigenvalue weighted by Crippen LogP contribution is -2.40. The van der Waals surface area contributed by atoms with Crippen LogP contribution in [0.1, 0.15) is 46.0 Å². The summed E-state index contributed by atoms with van der Waals surface area (Å²) in [6.07, 6.45) is 5.78. The summed E-state index contributed by atoms with van der Waals surface area (Å²) in [6.45, 7) is 11.6. The Morgan fingerprint density at radius 1 is 1.17 bits per heavy atom. The topological polar surface area (TPSA) is 51.1 Å². The van der Waals surface area contributed by atoms with Gasteiger partial charge in [-0.15, -0.1) is 24.0 Å². The van der Waals surface area contributed by atoms with Crippen molar-refractivity contribution < 1.29 is 5.11 Å². The van der Waals surface area contributed by atoms with Gasteiger partial charge in [-0.05, 0) is 64.6 Å². The predicted molar refractivity (Wildman–Crippen MR) is 108 cm³/mol. The molecule has 0 aromatic heterocycles. The third kappa shape index (κ3) is 7.56. The number of guanidine groups is 1. The first-order chi connectivity index (χ1) is 10.7. The molecular formula is C17H35IN4O. The van der Waals surface area contributed by atoms with Crippen molar-refractivity contribution in [2.24, 2.45) is 10.9 Å². The van der Waals surface area contributed by atoms with Gasteiger partial charge in [-0.1, -0.05) is 6.92 Å². The van der Waals surface area contributed by atoms with Crippen molar-refractivity contribution in [1.82, 2.24) is 15.1 Å². The van der Waals surface area contributed by atoms with Crippen LogP contribution >= 0.6 is 24.0 Å². The lowest BCUT2D eigenvalue weighted by molar-refractivity contribution is 0.187. The molecule has 2 heterocycles. The number of nitrogens with one attached hydrogen (secondary N) is 1. The molecule has 2 rings (SSSR count). The third-order valence-electron chi connectivity index (χ3n) is 4.82. The molecule has 0 aliphatic carbocycles. The van der Waals surface area contributed by atoms with E-state index in [4.69, 9.17) is 4.99 Å². The Balaban J connectivity index is 0.00000264. The van der Waals surface area contributed by atoms with E-state index in [1.54, 1.807) is 0 Å². The quantitative estimate of drug-likeness (QED) is 0.289. The van der Waals surface area contributed by atoms with Gasteiger partial charge in [0.05, 0.1) is 6.10 Å². The van der Waals surface area contributed by atoms with Crippen molar-refractivity contribution in [3.8, 4) is 0 Å². The minimum atomic E-state index is -0.189. The highest BCUT2D eigenvalue weighted by Crippen LogP contribution is 2.16. The first-order valence-corrected chi connectivity index (χ1v) is 9.12. The number of likely N-dealkylation sites (tertiary alicyclic amines) is 2. The van der Waals surface area contributed by atoms with Crippen LogP contribution in [0.4, 0.5) is 0 Å². The Morgan fingerprint density at radius 2 is 1.91 bits per heavy atom. The molecule has 136 valence electrons. The van der Waals surface area contributed by atoms with Gasteiger partial charge >= 0.3 is 0 Å². The zero-order valence-electron chi connectivity index (χ0n) is 14.8. The van der Waals surface area contributed by atoms with Gasteiger partial charge in [0, 0.05) is 26.2 Å². The van der Waals surface area contributed by atoms with E-state index in [0.29, 0.717) is 0 Å². The number of hydrogen-bond acceptors (Lipinski definition) is 3. The molecule has 2 saturated heterocycles. The molecule has 0 aromatic rings. The molecular weight excluding hydrogens is 403 g/mol. The summed E-state index contributed by atoms with van der Waals surface area (Å²) in [4.78, 5) is 9.51. The van der Waals surface area contributed by atoms with Gasteiger partial charge in [-0.25, -0.2) is 0 Å². The number of β-amino-alcohol motifs (C(OH)–C–C–N with tert-alkyl or cyclic N) is 1. The first-order valence-electron chi connectivity index (χ1n) is 9.12. The van der Waals surface area contributed by atoms with E-state index in [-0.39, 0.29) is 30.1 Å². The van der Waals surface area contributed by atoms with Crippen molar-refractivity contribution in [2.75, 3.05) is 45.8 Å². The van der Waals surface area contributed by atoms with Crippen molar-refractivity contribution in [3.05, 3.63) is 0 Å². The van der Waals surface area contributed by atoms with Crippen LogP contribution in [0.3, 0.4) is 0 Å². The number of aliphatic hydroxyl groups is 1. The van der Waals surface area contributed by atoms with Crippen LogP contribution in [0.5, 0.6) is 0 Å². The number of nitrogens with zero attached hydrogens (tertiary/aromatic N) is 3. The fourth-order valence-electron chi connectivity index (χ4n) is 3.28. The second-order valence-corrected chi connectivity index (χ2v) is 6.86. The maximum Gasteiger partial charge on any atom is 0.194 e. The molecule has 6 heteroatoms. The van der Waals surface area contributed by atoms with Gasteiger partial charge in [0.25, 0.3) is 0 Å². The second kappa shape index (κ2) is 11.5. The summed E-state index contributed by atoms with van der Waals surface area (Å²) in [5.41, 5.74) is 0. The number of aliphatic hydroxyl groups excluding tert-OH is 1. The van der Waals surface area contributed by atoms with Gasteiger partial charge in [0.2, 0.25) is 0 Å². The molecule has 2 aliphatic rings. The summed E-state index contributed by atoms with van der Waals surface area (Å²) in [6, 6.07) is 0. The molecule has 2 fully saturated rings. The summed E-state index contributed by atoms with van der Waals surface area (Å²) in [5.74, 6) is 1.89. The SMILES string of the molecule is CCNC(=NCCCCN1CCC(C)CC1)N1CC[C@@H](O)C1.I. The highest BCUT2D eigenvalue weighted by molar-refractivity contribution is 14.0. The van der Waals surface area contributed by atoms with Crippen molar-refractivity contribution >= 4 is 29.9 Å². The Morgan fingerprint density at radius 3 is 2.52 bits per heavy atom. The molecule has 0 spiro atoms. The van der Waals surface area contributed by atoms with Gasteiger partial charge in [-0.2, -0.15) is 0 Å². The highest BCUT2D eigenvalue weighted by atomic mass is 127. The van der Waals surface area contributed by atoms with Crippen LogP contribution in [-0.2, 0) is 0 Å². The third-order valence-corrected chi connectivity index (χ3v) is 4.82. The summed E-state index contributed by atoms with van der Waals surface area (Å²) < 4.78 is 0. The van der Waals surface area contributed by atoms with Crippen LogP contribution in [0.2, 0.25) is 0 Å². The first kappa shape index (κ1) is 21.0. The standard InChI is InChI=1S/C17H34N4O.HI/c1-3-18-17(21-13-8-16(22)14-21)19-9-4-5-10-20-11-6-15(2)7-12-20;/h15-16,22H,3-14H2,1-2H3,(H,18,19);1H/t16-;/m1./s1. The Hall–Kier alpha value is -0.0800. The van der Waals surface area contributed by atoms with E-state index in [2.05, 4.69) is 29.0 Å². The van der Waals surface area contributed by atoms with Gasteiger partial charge in [-0.3, -0.25) is 4.99 Å². The smallest absolute Gasteiger partial charge is 0.194 e. The molecule has 0 radical (unpaired) electrons. The molecule has 0 bridgehead atoms. The van der Waals surface area contributed by atoms with E-state index in [1.807, 2.05) is 0 Å². The molecule has 2 aliphatic heterocycles. The van der Waals surface area contributed by atoms with Gasteiger partial charge in [0.15, 0.2) is 5.96 Å². The minimum Gasteiger partial charge on any atom is -0.391 e. The molecule has 0 aromatic carbocycles. The predicted octanol–water partition coefficient (Wildman–Crippen LogP) is 2.15. The van der Waals surface area contributed by atoms with Crippen molar-refractivity contribution in [3.63, 3.8) is 0 Å². The van der Waals surface area contributed by atoms with Crippen LogP contribution in [-0.4, -0.2) is 72.8 Å². The van der Waals surface area contributed by atoms with Crippen LogP contribution < -0.4 is 5.32 Å². The lowest BCUT2D eigenvalue weighted by Gasteiger charge is -2.30. The average Bonchev–Trinajstić information content (AvgIpc) is 2.94. The average molecular weight is 438 g/mol. The number of rotatable bonds is 6. The van der Waals surface area contributed by atoms with Crippen molar-refractivity contribution in [1.29, 1.82) is 0 Å². The van der Waals surface area contributed by atoms with Gasteiger partial charge < -0.3 is 20.2 Å².